The molecule has 0 fully saturated rings. The minimum absolute atomic E-state index is 0. The third kappa shape index (κ3) is 7.38. The molecule has 0 aliphatic rings. The van der Waals surface area contributed by atoms with Crippen molar-refractivity contribution in [3.63, 3.8) is 0 Å². The molecule has 8 heteroatoms. The first kappa shape index (κ1) is 20.3. The van der Waals surface area contributed by atoms with E-state index in [9.17, 15) is 0 Å². The number of nitrogens with two attached hydrogens (primary N) is 3. The highest BCUT2D eigenvalue weighted by atomic mass is 35.5. The van der Waals surface area contributed by atoms with Crippen molar-refractivity contribution in [2.45, 2.75) is 6.54 Å². The number of halogens is 2. The number of aromatic nitrogens is 2. The van der Waals surface area contributed by atoms with Crippen molar-refractivity contribution in [3.8, 4) is 6.07 Å². The summed E-state index contributed by atoms with van der Waals surface area (Å²) >= 11 is 0. The first-order chi connectivity index (χ1) is 8.65. The van der Waals surface area contributed by atoms with Crippen LogP contribution in [0.4, 0.5) is 11.6 Å². The van der Waals surface area contributed by atoms with E-state index in [1.165, 1.54) is 6.20 Å². The Balaban J connectivity index is 0. The summed E-state index contributed by atoms with van der Waals surface area (Å²) in [6.45, 7) is 0.521. The van der Waals surface area contributed by atoms with Gasteiger partial charge in [-0.25, -0.2) is 9.97 Å². The predicted molar refractivity (Wildman–Crippen MR) is 84.4 cm³/mol. The Morgan fingerprint density at radius 2 is 1.50 bits per heavy atom. The van der Waals surface area contributed by atoms with Crippen molar-refractivity contribution in [3.05, 3.63) is 47.8 Å². The topological polar surface area (TPSA) is 128 Å². The number of anilines is 2. The van der Waals surface area contributed by atoms with E-state index in [2.05, 4.69) is 9.97 Å². The number of hydrogen-bond donors (Lipinski definition) is 3. The van der Waals surface area contributed by atoms with Gasteiger partial charge in [0.25, 0.3) is 0 Å². The Kier molecular flexibility index (Phi) is 11.0. The van der Waals surface area contributed by atoms with Crippen LogP contribution in [-0.2, 0) is 6.54 Å². The van der Waals surface area contributed by atoms with Crippen molar-refractivity contribution in [2.75, 3.05) is 11.5 Å². The van der Waals surface area contributed by atoms with Gasteiger partial charge in [-0.05, 0) is 23.8 Å². The molecule has 0 spiro atoms. The zero-order valence-electron chi connectivity index (χ0n) is 10.6. The monoisotopic (exact) mass is 314 g/mol. The van der Waals surface area contributed by atoms with Crippen LogP contribution in [0.5, 0.6) is 0 Å². The minimum atomic E-state index is 0. The molecule has 0 saturated carbocycles. The molecule has 6 N–H and O–H groups in total. The van der Waals surface area contributed by atoms with Gasteiger partial charge in [-0.15, -0.1) is 24.8 Å². The number of nitrogen functional groups attached to an aromatic ring is 2. The Bertz CT molecular complexity index is 521. The Labute approximate surface area is 129 Å². The van der Waals surface area contributed by atoms with Crippen molar-refractivity contribution in [1.82, 2.24) is 9.97 Å². The largest absolute Gasteiger partial charge is 0.384 e. The van der Waals surface area contributed by atoms with Gasteiger partial charge >= 0.3 is 0 Å². The van der Waals surface area contributed by atoms with Crippen LogP contribution in [0.1, 0.15) is 11.1 Å². The van der Waals surface area contributed by atoms with Gasteiger partial charge in [0.2, 0.25) is 0 Å². The van der Waals surface area contributed by atoms with E-state index in [0.717, 1.165) is 5.56 Å². The standard InChI is InChI=1S/C6H9N3.C6H5N3.2ClH/c2*7-3-5-1-2-6(8)9-4-5;;/h1-2,4H,3,7H2,(H2,8,9);1-2,4H,(H2,8,9);2*1H. The lowest BCUT2D eigenvalue weighted by molar-refractivity contribution is 1.05. The van der Waals surface area contributed by atoms with Crippen LogP contribution in [0.2, 0.25) is 0 Å². The van der Waals surface area contributed by atoms with Crippen LogP contribution in [0.25, 0.3) is 0 Å². The Morgan fingerprint density at radius 3 is 1.85 bits per heavy atom. The van der Waals surface area contributed by atoms with Gasteiger partial charge in [-0.2, -0.15) is 5.26 Å². The van der Waals surface area contributed by atoms with E-state index >= 15 is 0 Å². The Morgan fingerprint density at radius 1 is 0.950 bits per heavy atom. The summed E-state index contributed by atoms with van der Waals surface area (Å²) in [6, 6.07) is 8.76. The van der Waals surface area contributed by atoms with E-state index in [1.807, 2.05) is 12.1 Å². The van der Waals surface area contributed by atoms with Gasteiger partial charge in [0.05, 0.1) is 5.56 Å². The molecule has 108 valence electrons. The van der Waals surface area contributed by atoms with Crippen LogP contribution in [-0.4, -0.2) is 9.97 Å². The summed E-state index contributed by atoms with van der Waals surface area (Å²) in [5, 5.41) is 8.30. The summed E-state index contributed by atoms with van der Waals surface area (Å²) in [7, 11) is 0. The Hall–Kier alpha value is -2.07. The van der Waals surface area contributed by atoms with E-state index in [4.69, 9.17) is 22.5 Å². The summed E-state index contributed by atoms with van der Waals surface area (Å²) < 4.78 is 0. The van der Waals surface area contributed by atoms with Crippen LogP contribution < -0.4 is 17.2 Å². The number of hydrogen-bond acceptors (Lipinski definition) is 6. The summed E-state index contributed by atoms with van der Waals surface area (Å²) in [5.41, 5.74) is 17.4. The molecule has 0 radical (unpaired) electrons. The molecule has 0 amide bonds. The molecule has 0 bridgehead atoms. The lowest BCUT2D eigenvalue weighted by Crippen LogP contribution is -1.97. The highest BCUT2D eigenvalue weighted by molar-refractivity contribution is 5.85. The molecule has 0 atom stereocenters. The van der Waals surface area contributed by atoms with Crippen LogP contribution >= 0.6 is 24.8 Å². The summed E-state index contributed by atoms with van der Waals surface area (Å²) in [4.78, 5) is 7.55. The van der Waals surface area contributed by atoms with Gasteiger partial charge in [-0.3, -0.25) is 0 Å². The lowest BCUT2D eigenvalue weighted by Gasteiger charge is -1.93. The first-order valence-corrected chi connectivity index (χ1v) is 5.18. The van der Waals surface area contributed by atoms with E-state index < -0.39 is 0 Å². The molecule has 0 aromatic carbocycles. The number of pyridine rings is 2. The minimum Gasteiger partial charge on any atom is -0.384 e. The van der Waals surface area contributed by atoms with E-state index in [1.54, 1.807) is 24.4 Å². The third-order valence-electron chi connectivity index (χ3n) is 2.00. The fraction of sp³-hybridized carbons (Fsp3) is 0.0833. The second-order valence-corrected chi connectivity index (χ2v) is 3.38. The van der Waals surface area contributed by atoms with Crippen LogP contribution in [0.15, 0.2) is 36.7 Å². The predicted octanol–water partition coefficient (Wildman–Crippen LogP) is 1.50. The first-order valence-electron chi connectivity index (χ1n) is 5.18. The molecule has 0 aliphatic carbocycles. The summed E-state index contributed by atoms with van der Waals surface area (Å²) in [5.74, 6) is 0.973. The second-order valence-electron chi connectivity index (χ2n) is 3.38. The molecule has 0 aliphatic heterocycles. The maximum Gasteiger partial charge on any atom is 0.123 e. The third-order valence-corrected chi connectivity index (χ3v) is 2.00. The fourth-order valence-corrected chi connectivity index (χ4v) is 1.03. The fourth-order valence-electron chi connectivity index (χ4n) is 1.03. The molecule has 6 nitrogen and oxygen atoms in total. The lowest BCUT2D eigenvalue weighted by atomic mass is 10.3. The van der Waals surface area contributed by atoms with Gasteiger partial charge in [0.1, 0.15) is 17.7 Å². The van der Waals surface area contributed by atoms with Gasteiger partial charge in [0, 0.05) is 18.9 Å². The van der Waals surface area contributed by atoms with Crippen molar-refractivity contribution in [2.24, 2.45) is 5.73 Å². The van der Waals surface area contributed by atoms with Crippen LogP contribution in [0, 0.1) is 11.3 Å². The maximum atomic E-state index is 8.30. The normalized spacial score (nSPS) is 8.00. The molecule has 2 aromatic rings. The van der Waals surface area contributed by atoms with E-state index in [0.29, 0.717) is 23.7 Å². The molecule has 2 rings (SSSR count). The average molecular weight is 315 g/mol. The highest BCUT2D eigenvalue weighted by Gasteiger charge is 1.87. The maximum absolute atomic E-state index is 8.30. The number of nitrogens with zero attached hydrogens (tertiary/aromatic N) is 3. The van der Waals surface area contributed by atoms with E-state index in [-0.39, 0.29) is 24.8 Å². The van der Waals surface area contributed by atoms with Gasteiger partial charge in [-0.1, -0.05) is 6.07 Å². The second kappa shape index (κ2) is 10.8. The highest BCUT2D eigenvalue weighted by Crippen LogP contribution is 1.98. The zero-order chi connectivity index (χ0) is 13.4. The zero-order valence-corrected chi connectivity index (χ0v) is 12.2. The molecule has 2 aromatic heterocycles. The SMILES string of the molecule is Cl.Cl.N#Cc1ccc(N)nc1.NCc1ccc(N)nc1. The summed E-state index contributed by atoms with van der Waals surface area (Å²) in [6.07, 6.45) is 3.12. The molecule has 20 heavy (non-hydrogen) atoms. The van der Waals surface area contributed by atoms with Crippen molar-refractivity contribution in [1.29, 1.82) is 5.26 Å². The number of rotatable bonds is 1. The molecule has 0 unspecified atom stereocenters. The van der Waals surface area contributed by atoms with Crippen molar-refractivity contribution < 1.29 is 0 Å². The smallest absolute Gasteiger partial charge is 0.123 e. The molecular weight excluding hydrogens is 299 g/mol. The van der Waals surface area contributed by atoms with Crippen LogP contribution in [0.3, 0.4) is 0 Å². The molecule has 2 heterocycles. The van der Waals surface area contributed by atoms with Crippen molar-refractivity contribution >= 4 is 36.4 Å². The molecular formula is C12H16Cl2N6. The molecule has 0 saturated heterocycles. The van der Waals surface area contributed by atoms with Gasteiger partial charge < -0.3 is 17.2 Å². The van der Waals surface area contributed by atoms with Gasteiger partial charge in [0.15, 0.2) is 0 Å². The number of nitriles is 1. The quantitative estimate of drug-likeness (QED) is 0.731. The average Bonchev–Trinajstić information content (AvgIpc) is 2.41.